The van der Waals surface area contributed by atoms with Gasteiger partial charge in [0.25, 0.3) is 5.91 Å². The number of benzene rings is 1. The predicted octanol–water partition coefficient (Wildman–Crippen LogP) is 0.208. The Hall–Kier alpha value is -2.06. The summed E-state index contributed by atoms with van der Waals surface area (Å²) in [6, 6.07) is 6.88. The van der Waals surface area contributed by atoms with Crippen LogP contribution in [0.15, 0.2) is 30.3 Å². The Kier molecular flexibility index (Phi) is 6.44. The summed E-state index contributed by atoms with van der Waals surface area (Å²) in [6.45, 7) is 0.679. The minimum Gasteiger partial charge on any atom is -0.384 e. The number of carbonyl (C=O) groups is 2. The van der Waals surface area contributed by atoms with Crippen molar-refractivity contribution in [2.75, 3.05) is 13.6 Å². The Bertz CT molecular complexity index is 592. The number of aliphatic hydroxyl groups excluding tert-OH is 1. The van der Waals surface area contributed by atoms with E-state index in [4.69, 9.17) is 0 Å². The molecule has 1 heterocycles. The Morgan fingerprint density at radius 2 is 2.04 bits per heavy atom. The monoisotopic (exact) mass is 355 g/mol. The Morgan fingerprint density at radius 1 is 1.36 bits per heavy atom. The topological polar surface area (TPSA) is 90.5 Å². The molecule has 1 aromatic rings. The van der Waals surface area contributed by atoms with Gasteiger partial charge in [0.1, 0.15) is 6.10 Å². The minimum absolute atomic E-state index is 0.0208. The highest BCUT2D eigenvalue weighted by atomic mass is 19.3. The van der Waals surface area contributed by atoms with Crippen molar-refractivity contribution in [2.24, 2.45) is 0 Å². The van der Waals surface area contributed by atoms with Gasteiger partial charge < -0.3 is 21.1 Å². The first kappa shape index (κ1) is 19.3. The first-order chi connectivity index (χ1) is 11.9. The number of alkyl halides is 2. The summed E-state index contributed by atoms with van der Waals surface area (Å²) >= 11 is 0. The molecule has 0 bridgehead atoms. The quantitative estimate of drug-likeness (QED) is 0.563. The first-order valence-corrected chi connectivity index (χ1v) is 8.22. The number of amides is 2. The van der Waals surface area contributed by atoms with Crippen molar-refractivity contribution in [3.63, 3.8) is 0 Å². The standard InChI is InChI=1S/C17H23F2N3O3/c1-20-16(25)17(18,19)14(23)13(10-11-6-3-2-4-7-11)22-15(24)12-8-5-9-21-12/h2-4,6-7,12-14,21,23H,5,8-10H2,1H3,(H,20,25)(H,22,24)/t12-,13?,14?/m1/s1. The molecule has 1 aromatic carbocycles. The molecule has 0 aromatic heterocycles. The zero-order valence-corrected chi connectivity index (χ0v) is 14.0. The van der Waals surface area contributed by atoms with Gasteiger partial charge in [0.05, 0.1) is 12.1 Å². The van der Waals surface area contributed by atoms with Crippen LogP contribution in [0, 0.1) is 0 Å². The summed E-state index contributed by atoms with van der Waals surface area (Å²) < 4.78 is 28.3. The molecule has 6 nitrogen and oxygen atoms in total. The van der Waals surface area contributed by atoms with E-state index >= 15 is 0 Å². The van der Waals surface area contributed by atoms with Gasteiger partial charge in [-0.2, -0.15) is 8.78 Å². The molecule has 0 saturated carbocycles. The number of aliphatic hydroxyl groups is 1. The lowest BCUT2D eigenvalue weighted by Crippen LogP contribution is -2.59. The lowest BCUT2D eigenvalue weighted by atomic mass is 9.96. The molecular formula is C17H23F2N3O3. The molecule has 25 heavy (non-hydrogen) atoms. The lowest BCUT2D eigenvalue weighted by molar-refractivity contribution is -0.167. The maximum Gasteiger partial charge on any atom is 0.351 e. The van der Waals surface area contributed by atoms with Crippen LogP contribution in [0.3, 0.4) is 0 Å². The molecule has 138 valence electrons. The van der Waals surface area contributed by atoms with Gasteiger partial charge in [-0.05, 0) is 31.4 Å². The average molecular weight is 355 g/mol. The molecule has 0 aliphatic carbocycles. The van der Waals surface area contributed by atoms with Crippen LogP contribution in [-0.2, 0) is 16.0 Å². The SMILES string of the molecule is CNC(=O)C(F)(F)C(O)C(Cc1ccccc1)NC(=O)[C@H]1CCCN1. The van der Waals surface area contributed by atoms with Gasteiger partial charge in [-0.1, -0.05) is 30.3 Å². The normalized spacial score (nSPS) is 19.9. The minimum atomic E-state index is -4.02. The van der Waals surface area contributed by atoms with E-state index in [2.05, 4.69) is 10.6 Å². The van der Waals surface area contributed by atoms with Gasteiger partial charge in [-0.15, -0.1) is 0 Å². The number of halogens is 2. The molecule has 1 aliphatic rings. The molecule has 2 unspecified atom stereocenters. The van der Waals surface area contributed by atoms with Crippen LogP contribution in [-0.4, -0.2) is 54.6 Å². The Labute approximate surface area is 145 Å². The highest BCUT2D eigenvalue weighted by molar-refractivity contribution is 5.85. The van der Waals surface area contributed by atoms with E-state index in [0.717, 1.165) is 13.5 Å². The molecule has 8 heteroatoms. The largest absolute Gasteiger partial charge is 0.384 e. The van der Waals surface area contributed by atoms with Gasteiger partial charge in [-0.25, -0.2) is 0 Å². The number of carbonyl (C=O) groups excluding carboxylic acids is 2. The molecule has 3 atom stereocenters. The van der Waals surface area contributed by atoms with E-state index < -0.39 is 35.9 Å². The van der Waals surface area contributed by atoms with Crippen molar-refractivity contribution >= 4 is 11.8 Å². The van der Waals surface area contributed by atoms with Crippen molar-refractivity contribution in [1.29, 1.82) is 0 Å². The third-order valence-electron chi connectivity index (χ3n) is 4.29. The fraction of sp³-hybridized carbons (Fsp3) is 0.529. The van der Waals surface area contributed by atoms with E-state index in [0.29, 0.717) is 18.5 Å². The van der Waals surface area contributed by atoms with Crippen LogP contribution in [0.1, 0.15) is 18.4 Å². The maximum atomic E-state index is 14.2. The molecule has 2 rings (SSSR count). The second-order valence-corrected chi connectivity index (χ2v) is 6.10. The van der Waals surface area contributed by atoms with Gasteiger partial charge >= 0.3 is 5.92 Å². The zero-order chi connectivity index (χ0) is 18.4. The van der Waals surface area contributed by atoms with Crippen molar-refractivity contribution in [3.05, 3.63) is 35.9 Å². The van der Waals surface area contributed by atoms with Crippen LogP contribution < -0.4 is 16.0 Å². The van der Waals surface area contributed by atoms with Crippen molar-refractivity contribution < 1.29 is 23.5 Å². The van der Waals surface area contributed by atoms with E-state index in [9.17, 15) is 23.5 Å². The van der Waals surface area contributed by atoms with Crippen LogP contribution in [0.2, 0.25) is 0 Å². The summed E-state index contributed by atoms with van der Waals surface area (Å²) in [5.41, 5.74) is 0.666. The molecular weight excluding hydrogens is 332 g/mol. The van der Waals surface area contributed by atoms with E-state index in [1.54, 1.807) is 30.3 Å². The van der Waals surface area contributed by atoms with Gasteiger partial charge in [0, 0.05) is 7.05 Å². The number of rotatable bonds is 7. The van der Waals surface area contributed by atoms with Crippen molar-refractivity contribution in [2.45, 2.75) is 43.4 Å². The van der Waals surface area contributed by atoms with Crippen LogP contribution in [0.5, 0.6) is 0 Å². The van der Waals surface area contributed by atoms with Crippen molar-refractivity contribution in [3.8, 4) is 0 Å². The molecule has 1 aliphatic heterocycles. The fourth-order valence-corrected chi connectivity index (χ4v) is 2.85. The van der Waals surface area contributed by atoms with Crippen LogP contribution >= 0.6 is 0 Å². The van der Waals surface area contributed by atoms with Crippen molar-refractivity contribution in [1.82, 2.24) is 16.0 Å². The highest BCUT2D eigenvalue weighted by Gasteiger charge is 2.50. The summed E-state index contributed by atoms with van der Waals surface area (Å²) in [5, 5.41) is 17.4. The van der Waals surface area contributed by atoms with Gasteiger partial charge in [-0.3, -0.25) is 9.59 Å². The first-order valence-electron chi connectivity index (χ1n) is 8.22. The van der Waals surface area contributed by atoms with Crippen LogP contribution in [0.4, 0.5) is 8.78 Å². The second kappa shape index (κ2) is 8.35. The smallest absolute Gasteiger partial charge is 0.351 e. The fourth-order valence-electron chi connectivity index (χ4n) is 2.85. The second-order valence-electron chi connectivity index (χ2n) is 6.10. The van der Waals surface area contributed by atoms with Gasteiger partial charge in [0.15, 0.2) is 0 Å². The Balaban J connectivity index is 2.18. The highest BCUT2D eigenvalue weighted by Crippen LogP contribution is 2.23. The predicted molar refractivity (Wildman–Crippen MR) is 88.1 cm³/mol. The number of hydrogen-bond acceptors (Lipinski definition) is 4. The third kappa shape index (κ3) is 4.73. The lowest BCUT2D eigenvalue weighted by Gasteiger charge is -2.30. The molecule has 0 radical (unpaired) electrons. The third-order valence-corrected chi connectivity index (χ3v) is 4.29. The average Bonchev–Trinajstić information content (AvgIpc) is 3.15. The van der Waals surface area contributed by atoms with E-state index in [1.807, 2.05) is 5.32 Å². The summed E-state index contributed by atoms with van der Waals surface area (Å²) in [4.78, 5) is 23.7. The van der Waals surface area contributed by atoms with Crippen LogP contribution in [0.25, 0.3) is 0 Å². The molecule has 0 spiro atoms. The molecule has 4 N–H and O–H groups in total. The van der Waals surface area contributed by atoms with E-state index in [1.165, 1.54) is 0 Å². The summed E-state index contributed by atoms with van der Waals surface area (Å²) in [7, 11) is 1.07. The van der Waals surface area contributed by atoms with E-state index in [-0.39, 0.29) is 6.42 Å². The summed E-state index contributed by atoms with van der Waals surface area (Å²) in [5.74, 6) is -6.07. The Morgan fingerprint density at radius 3 is 2.60 bits per heavy atom. The zero-order valence-electron chi connectivity index (χ0n) is 14.0. The molecule has 1 saturated heterocycles. The summed E-state index contributed by atoms with van der Waals surface area (Å²) in [6.07, 6.45) is -0.949. The maximum absolute atomic E-state index is 14.2. The number of hydrogen-bond donors (Lipinski definition) is 4. The van der Waals surface area contributed by atoms with Gasteiger partial charge in [0.2, 0.25) is 5.91 Å². The molecule has 1 fully saturated rings. The number of nitrogens with one attached hydrogen (secondary N) is 3. The molecule has 2 amide bonds.